The predicted molar refractivity (Wildman–Crippen MR) is 63.9 cm³/mol. The summed E-state index contributed by atoms with van der Waals surface area (Å²) in [6, 6.07) is 0.468. The molecule has 0 radical (unpaired) electrons. The molecule has 0 saturated carbocycles. The van der Waals surface area contributed by atoms with Crippen LogP contribution in [0.3, 0.4) is 0 Å². The Bertz CT molecular complexity index is 189. The van der Waals surface area contributed by atoms with Crippen molar-refractivity contribution < 1.29 is 4.74 Å². The van der Waals surface area contributed by atoms with E-state index in [4.69, 9.17) is 10.5 Å². The molecule has 0 aliphatic carbocycles. The molecule has 1 saturated heterocycles. The summed E-state index contributed by atoms with van der Waals surface area (Å²) in [6.45, 7) is 12.6. The van der Waals surface area contributed by atoms with Crippen LogP contribution >= 0.6 is 0 Å². The van der Waals surface area contributed by atoms with Crippen molar-refractivity contribution in [2.45, 2.75) is 46.3 Å². The lowest BCUT2D eigenvalue weighted by Crippen LogP contribution is -2.54. The first-order valence-electron chi connectivity index (χ1n) is 6.04. The van der Waals surface area contributed by atoms with Gasteiger partial charge in [0.25, 0.3) is 0 Å². The number of morpholine rings is 1. The third kappa shape index (κ3) is 3.44. The van der Waals surface area contributed by atoms with Gasteiger partial charge in [-0.05, 0) is 11.8 Å². The molecule has 1 rings (SSSR count). The van der Waals surface area contributed by atoms with Gasteiger partial charge in [-0.15, -0.1) is 0 Å². The monoisotopic (exact) mass is 214 g/mol. The zero-order valence-corrected chi connectivity index (χ0v) is 10.6. The van der Waals surface area contributed by atoms with Crippen molar-refractivity contribution in [2.24, 2.45) is 11.1 Å². The fourth-order valence-electron chi connectivity index (χ4n) is 2.32. The van der Waals surface area contributed by atoms with E-state index >= 15 is 0 Å². The molecule has 1 aliphatic rings. The van der Waals surface area contributed by atoms with Crippen molar-refractivity contribution in [1.82, 2.24) is 4.90 Å². The fourth-order valence-corrected chi connectivity index (χ4v) is 2.32. The van der Waals surface area contributed by atoms with Crippen LogP contribution in [-0.2, 0) is 4.74 Å². The van der Waals surface area contributed by atoms with Gasteiger partial charge in [0, 0.05) is 25.7 Å². The maximum Gasteiger partial charge on any atom is 0.0700 e. The van der Waals surface area contributed by atoms with Crippen LogP contribution in [0.5, 0.6) is 0 Å². The van der Waals surface area contributed by atoms with Crippen LogP contribution < -0.4 is 5.73 Å². The van der Waals surface area contributed by atoms with E-state index in [0.29, 0.717) is 12.1 Å². The van der Waals surface area contributed by atoms with Crippen LogP contribution in [0, 0.1) is 5.41 Å². The van der Waals surface area contributed by atoms with Crippen LogP contribution in [0.2, 0.25) is 0 Å². The van der Waals surface area contributed by atoms with E-state index in [1.165, 1.54) is 0 Å². The Morgan fingerprint density at radius 1 is 1.47 bits per heavy atom. The van der Waals surface area contributed by atoms with Gasteiger partial charge in [-0.25, -0.2) is 0 Å². The number of nitrogens with zero attached hydrogens (tertiary/aromatic N) is 1. The molecule has 1 aliphatic heterocycles. The third-order valence-corrected chi connectivity index (χ3v) is 3.29. The predicted octanol–water partition coefficient (Wildman–Crippen LogP) is 1.47. The number of ether oxygens (including phenoxy) is 1. The maximum atomic E-state index is 5.89. The molecule has 2 N–H and O–H groups in total. The number of nitrogens with two attached hydrogens (primary N) is 1. The van der Waals surface area contributed by atoms with E-state index in [2.05, 4.69) is 32.6 Å². The Balaban J connectivity index is 2.60. The van der Waals surface area contributed by atoms with Gasteiger partial charge < -0.3 is 10.5 Å². The summed E-state index contributed by atoms with van der Waals surface area (Å²) in [5, 5.41) is 0. The molecule has 0 bridgehead atoms. The van der Waals surface area contributed by atoms with Gasteiger partial charge in [0.2, 0.25) is 0 Å². The first kappa shape index (κ1) is 12.9. The summed E-state index contributed by atoms with van der Waals surface area (Å²) >= 11 is 0. The zero-order valence-electron chi connectivity index (χ0n) is 10.6. The van der Waals surface area contributed by atoms with Gasteiger partial charge in [0.1, 0.15) is 0 Å². The van der Waals surface area contributed by atoms with E-state index in [-0.39, 0.29) is 5.41 Å². The zero-order chi connectivity index (χ0) is 11.5. The summed E-state index contributed by atoms with van der Waals surface area (Å²) in [5.74, 6) is 0. The molecule has 15 heavy (non-hydrogen) atoms. The van der Waals surface area contributed by atoms with Gasteiger partial charge in [-0.1, -0.05) is 27.7 Å². The highest BCUT2D eigenvalue weighted by atomic mass is 16.5. The smallest absolute Gasteiger partial charge is 0.0700 e. The number of hydrogen-bond acceptors (Lipinski definition) is 3. The highest BCUT2D eigenvalue weighted by Crippen LogP contribution is 2.25. The lowest BCUT2D eigenvalue weighted by Gasteiger charge is -2.43. The van der Waals surface area contributed by atoms with Gasteiger partial charge >= 0.3 is 0 Å². The van der Waals surface area contributed by atoms with Crippen LogP contribution in [0.1, 0.15) is 34.1 Å². The molecular formula is C12H26N2O. The van der Waals surface area contributed by atoms with Crippen molar-refractivity contribution in [3.8, 4) is 0 Å². The summed E-state index contributed by atoms with van der Waals surface area (Å²) < 4.78 is 5.68. The lowest BCUT2D eigenvalue weighted by molar-refractivity contribution is -0.0590. The molecule has 0 aromatic rings. The average molecular weight is 214 g/mol. The van der Waals surface area contributed by atoms with Crippen molar-refractivity contribution >= 4 is 0 Å². The number of rotatable bonds is 3. The molecule has 0 aromatic heterocycles. The van der Waals surface area contributed by atoms with E-state index in [9.17, 15) is 0 Å². The Morgan fingerprint density at radius 2 is 2.13 bits per heavy atom. The Hall–Kier alpha value is -0.120. The van der Waals surface area contributed by atoms with Crippen molar-refractivity contribution in [3.05, 3.63) is 0 Å². The minimum absolute atomic E-state index is 0.254. The van der Waals surface area contributed by atoms with Crippen molar-refractivity contribution in [1.29, 1.82) is 0 Å². The SMILES string of the molecule is CCC1CN(C(CN)C(C)(C)C)CCO1. The second kappa shape index (κ2) is 5.28. The molecule has 2 atom stereocenters. The molecule has 2 unspecified atom stereocenters. The van der Waals surface area contributed by atoms with Gasteiger partial charge in [0.05, 0.1) is 12.7 Å². The van der Waals surface area contributed by atoms with Gasteiger partial charge in [0.15, 0.2) is 0 Å². The standard InChI is InChI=1S/C12H26N2O/c1-5-10-9-14(6-7-15-10)11(8-13)12(2,3)4/h10-11H,5-9,13H2,1-4H3. The minimum atomic E-state index is 0.254. The Morgan fingerprint density at radius 3 is 2.60 bits per heavy atom. The lowest BCUT2D eigenvalue weighted by atomic mass is 9.85. The maximum absolute atomic E-state index is 5.89. The van der Waals surface area contributed by atoms with Crippen LogP contribution in [0.4, 0.5) is 0 Å². The summed E-state index contributed by atoms with van der Waals surface area (Å²) in [5.41, 5.74) is 6.15. The van der Waals surface area contributed by atoms with E-state index < -0.39 is 0 Å². The third-order valence-electron chi connectivity index (χ3n) is 3.29. The highest BCUT2D eigenvalue weighted by molar-refractivity contribution is 4.86. The van der Waals surface area contributed by atoms with E-state index in [1.54, 1.807) is 0 Å². The summed E-state index contributed by atoms with van der Waals surface area (Å²) in [6.07, 6.45) is 1.49. The largest absolute Gasteiger partial charge is 0.376 e. The average Bonchev–Trinajstić information content (AvgIpc) is 2.17. The molecule has 3 nitrogen and oxygen atoms in total. The Kier molecular flexibility index (Phi) is 4.56. The summed E-state index contributed by atoms with van der Waals surface area (Å²) in [7, 11) is 0. The second-order valence-corrected chi connectivity index (χ2v) is 5.51. The van der Waals surface area contributed by atoms with E-state index in [1.807, 2.05) is 0 Å². The van der Waals surface area contributed by atoms with Crippen LogP contribution in [0.25, 0.3) is 0 Å². The van der Waals surface area contributed by atoms with Gasteiger partial charge in [-0.3, -0.25) is 4.90 Å². The highest BCUT2D eigenvalue weighted by Gasteiger charge is 2.32. The van der Waals surface area contributed by atoms with E-state index in [0.717, 1.165) is 32.7 Å². The minimum Gasteiger partial charge on any atom is -0.376 e. The first-order valence-corrected chi connectivity index (χ1v) is 6.04. The molecule has 90 valence electrons. The molecule has 1 heterocycles. The molecule has 0 spiro atoms. The van der Waals surface area contributed by atoms with Crippen molar-refractivity contribution in [2.75, 3.05) is 26.2 Å². The van der Waals surface area contributed by atoms with Crippen LogP contribution in [0.15, 0.2) is 0 Å². The van der Waals surface area contributed by atoms with Crippen molar-refractivity contribution in [3.63, 3.8) is 0 Å². The normalized spacial score (nSPS) is 26.6. The number of hydrogen-bond donors (Lipinski definition) is 1. The first-order chi connectivity index (χ1) is 6.99. The summed E-state index contributed by atoms with van der Waals surface area (Å²) in [4.78, 5) is 2.50. The van der Waals surface area contributed by atoms with Gasteiger partial charge in [-0.2, -0.15) is 0 Å². The quantitative estimate of drug-likeness (QED) is 0.773. The molecule has 1 fully saturated rings. The topological polar surface area (TPSA) is 38.5 Å². The molecule has 0 amide bonds. The second-order valence-electron chi connectivity index (χ2n) is 5.51. The Labute approximate surface area is 94.0 Å². The fraction of sp³-hybridized carbons (Fsp3) is 1.00. The molecule has 0 aromatic carbocycles. The molecular weight excluding hydrogens is 188 g/mol. The van der Waals surface area contributed by atoms with Crippen LogP contribution in [-0.4, -0.2) is 43.3 Å². The molecule has 3 heteroatoms.